The van der Waals surface area contributed by atoms with Crippen molar-refractivity contribution in [3.8, 4) is 0 Å². The summed E-state index contributed by atoms with van der Waals surface area (Å²) < 4.78 is 29.6. The molecule has 3 rings (SSSR count). The number of carbonyl (C=O) groups excluding carboxylic acids is 2. The summed E-state index contributed by atoms with van der Waals surface area (Å²) in [5.74, 6) is -0.902. The average Bonchev–Trinajstić information content (AvgIpc) is 2.93. The molecular formula is C29H32Cl2IN3O4S. The Labute approximate surface area is 260 Å². The first-order valence-corrected chi connectivity index (χ1v) is 16.1. The van der Waals surface area contributed by atoms with Gasteiger partial charge in [0.25, 0.3) is 10.0 Å². The standard InChI is InChI=1S/C29H32Cl2IN3O4S/c1-4-20(3)33-29(37)27(5-2)34(18-24-25(30)12-9-13-26(24)31)28(36)19-35(22-16-14-21(32)15-17-22)40(38,39)23-10-7-6-8-11-23/h6-17,20,27H,4-5,18-19H2,1-3H3,(H,33,37)/t20-,27-/m1/s1. The summed E-state index contributed by atoms with van der Waals surface area (Å²) in [6, 6.07) is 18.8. The van der Waals surface area contributed by atoms with Crippen LogP contribution in [-0.2, 0) is 26.2 Å². The van der Waals surface area contributed by atoms with Gasteiger partial charge in [-0.1, -0.05) is 61.3 Å². The van der Waals surface area contributed by atoms with E-state index in [-0.39, 0.29) is 23.4 Å². The highest BCUT2D eigenvalue weighted by atomic mass is 127. The fourth-order valence-electron chi connectivity index (χ4n) is 4.07. The predicted molar refractivity (Wildman–Crippen MR) is 169 cm³/mol. The van der Waals surface area contributed by atoms with Crippen LogP contribution in [0, 0.1) is 3.57 Å². The van der Waals surface area contributed by atoms with Gasteiger partial charge in [-0.25, -0.2) is 8.42 Å². The Hall–Kier alpha value is -2.34. The lowest BCUT2D eigenvalue weighted by atomic mass is 10.1. The van der Waals surface area contributed by atoms with E-state index >= 15 is 0 Å². The van der Waals surface area contributed by atoms with Crippen molar-refractivity contribution < 1.29 is 18.0 Å². The third-order valence-electron chi connectivity index (χ3n) is 6.50. The number of nitrogens with one attached hydrogen (secondary N) is 1. The molecule has 0 unspecified atom stereocenters. The van der Waals surface area contributed by atoms with Gasteiger partial charge in [-0.15, -0.1) is 0 Å². The highest BCUT2D eigenvalue weighted by Gasteiger charge is 2.34. The van der Waals surface area contributed by atoms with Crippen molar-refractivity contribution in [2.75, 3.05) is 10.8 Å². The van der Waals surface area contributed by atoms with E-state index in [2.05, 4.69) is 27.9 Å². The molecule has 0 aromatic heterocycles. The quantitative estimate of drug-likeness (QED) is 0.217. The van der Waals surface area contributed by atoms with Crippen molar-refractivity contribution >= 4 is 73.3 Å². The van der Waals surface area contributed by atoms with Gasteiger partial charge in [0.1, 0.15) is 12.6 Å². The van der Waals surface area contributed by atoms with Crippen LogP contribution in [0.2, 0.25) is 10.0 Å². The second kappa shape index (κ2) is 14.5. The van der Waals surface area contributed by atoms with Crippen molar-refractivity contribution in [1.29, 1.82) is 0 Å². The molecule has 0 saturated heterocycles. The van der Waals surface area contributed by atoms with Gasteiger partial charge in [-0.05, 0) is 90.9 Å². The third kappa shape index (κ3) is 7.90. The van der Waals surface area contributed by atoms with E-state index < -0.39 is 28.5 Å². The van der Waals surface area contributed by atoms with Crippen LogP contribution in [0.25, 0.3) is 0 Å². The van der Waals surface area contributed by atoms with Crippen LogP contribution in [-0.4, -0.2) is 43.8 Å². The molecular weight excluding hydrogens is 684 g/mol. The van der Waals surface area contributed by atoms with E-state index in [1.54, 1.807) is 67.6 Å². The molecule has 0 bridgehead atoms. The molecule has 0 aliphatic carbocycles. The van der Waals surface area contributed by atoms with Crippen LogP contribution in [0.4, 0.5) is 5.69 Å². The van der Waals surface area contributed by atoms with Crippen molar-refractivity contribution in [3.63, 3.8) is 0 Å². The molecule has 0 aliphatic heterocycles. The molecule has 2 atom stereocenters. The number of nitrogens with zero attached hydrogens (tertiary/aromatic N) is 2. The summed E-state index contributed by atoms with van der Waals surface area (Å²) in [7, 11) is -4.13. The molecule has 0 aliphatic rings. The van der Waals surface area contributed by atoms with E-state index in [0.29, 0.717) is 34.1 Å². The second-order valence-electron chi connectivity index (χ2n) is 9.26. The number of hydrogen-bond acceptors (Lipinski definition) is 4. The first kappa shape index (κ1) is 32.2. The first-order valence-electron chi connectivity index (χ1n) is 12.9. The first-order chi connectivity index (χ1) is 19.0. The molecule has 40 heavy (non-hydrogen) atoms. The lowest BCUT2D eigenvalue weighted by Gasteiger charge is -2.34. The highest BCUT2D eigenvalue weighted by molar-refractivity contribution is 14.1. The van der Waals surface area contributed by atoms with E-state index in [4.69, 9.17) is 23.2 Å². The molecule has 2 amide bonds. The zero-order chi connectivity index (χ0) is 29.4. The Morgan fingerprint density at radius 3 is 2.05 bits per heavy atom. The number of benzene rings is 3. The van der Waals surface area contributed by atoms with Gasteiger partial charge in [0.05, 0.1) is 10.6 Å². The summed E-state index contributed by atoms with van der Waals surface area (Å²) in [6.07, 6.45) is 1.01. The maximum Gasteiger partial charge on any atom is 0.264 e. The normalized spacial score (nSPS) is 12.8. The second-order valence-corrected chi connectivity index (χ2v) is 13.2. The summed E-state index contributed by atoms with van der Waals surface area (Å²) >= 11 is 15.0. The zero-order valence-corrected chi connectivity index (χ0v) is 27.0. The number of hydrogen-bond donors (Lipinski definition) is 1. The van der Waals surface area contributed by atoms with Crippen molar-refractivity contribution in [1.82, 2.24) is 10.2 Å². The van der Waals surface area contributed by atoms with Crippen LogP contribution in [0.3, 0.4) is 0 Å². The van der Waals surface area contributed by atoms with Gasteiger partial charge in [-0.3, -0.25) is 13.9 Å². The molecule has 0 radical (unpaired) electrons. The van der Waals surface area contributed by atoms with E-state index in [0.717, 1.165) is 7.88 Å². The fraction of sp³-hybridized carbons (Fsp3) is 0.310. The van der Waals surface area contributed by atoms with Gasteiger partial charge < -0.3 is 10.2 Å². The Kier molecular flexibility index (Phi) is 11.7. The van der Waals surface area contributed by atoms with E-state index in [9.17, 15) is 18.0 Å². The van der Waals surface area contributed by atoms with E-state index in [1.807, 2.05) is 13.8 Å². The van der Waals surface area contributed by atoms with Gasteiger partial charge in [0.15, 0.2) is 0 Å². The van der Waals surface area contributed by atoms with E-state index in [1.165, 1.54) is 17.0 Å². The predicted octanol–water partition coefficient (Wildman–Crippen LogP) is 6.52. The number of anilines is 1. The minimum absolute atomic E-state index is 0.0450. The highest BCUT2D eigenvalue weighted by Crippen LogP contribution is 2.29. The van der Waals surface area contributed by atoms with Crippen LogP contribution in [0.1, 0.15) is 39.2 Å². The van der Waals surface area contributed by atoms with Crippen molar-refractivity contribution in [2.24, 2.45) is 0 Å². The van der Waals surface area contributed by atoms with Crippen LogP contribution < -0.4 is 9.62 Å². The number of amides is 2. The van der Waals surface area contributed by atoms with Crippen LogP contribution in [0.5, 0.6) is 0 Å². The average molecular weight is 716 g/mol. The van der Waals surface area contributed by atoms with Gasteiger partial charge in [0, 0.05) is 31.8 Å². The number of halogens is 3. The smallest absolute Gasteiger partial charge is 0.264 e. The van der Waals surface area contributed by atoms with Crippen LogP contribution in [0.15, 0.2) is 77.7 Å². The maximum absolute atomic E-state index is 14.1. The molecule has 0 saturated carbocycles. The number of rotatable bonds is 12. The third-order valence-corrected chi connectivity index (χ3v) is 9.72. The molecule has 3 aromatic rings. The molecule has 1 N–H and O–H groups in total. The largest absolute Gasteiger partial charge is 0.352 e. The molecule has 11 heteroatoms. The van der Waals surface area contributed by atoms with Gasteiger partial charge in [-0.2, -0.15) is 0 Å². The molecule has 3 aromatic carbocycles. The minimum Gasteiger partial charge on any atom is -0.352 e. The number of carbonyl (C=O) groups is 2. The number of sulfonamides is 1. The Morgan fingerprint density at radius 1 is 0.900 bits per heavy atom. The van der Waals surface area contributed by atoms with Gasteiger partial charge >= 0.3 is 0 Å². The Balaban J connectivity index is 2.08. The van der Waals surface area contributed by atoms with Crippen molar-refractivity contribution in [3.05, 3.63) is 92.0 Å². The summed E-state index contributed by atoms with van der Waals surface area (Å²) in [4.78, 5) is 28.9. The summed E-state index contributed by atoms with van der Waals surface area (Å²) in [5.41, 5.74) is 0.797. The lowest BCUT2D eigenvalue weighted by Crippen LogP contribution is -2.53. The topological polar surface area (TPSA) is 86.8 Å². The maximum atomic E-state index is 14.1. The monoisotopic (exact) mass is 715 g/mol. The summed E-state index contributed by atoms with van der Waals surface area (Å²) in [5, 5.41) is 3.63. The van der Waals surface area contributed by atoms with Gasteiger partial charge in [0.2, 0.25) is 11.8 Å². The Bertz CT molecular complexity index is 1400. The minimum atomic E-state index is -4.13. The fourth-order valence-corrected chi connectivity index (χ4v) is 6.38. The lowest BCUT2D eigenvalue weighted by molar-refractivity contribution is -0.140. The zero-order valence-electron chi connectivity index (χ0n) is 22.5. The Morgan fingerprint density at radius 2 is 1.50 bits per heavy atom. The molecule has 0 spiro atoms. The molecule has 0 heterocycles. The van der Waals surface area contributed by atoms with Crippen LogP contribution >= 0.6 is 45.8 Å². The van der Waals surface area contributed by atoms with Crippen molar-refractivity contribution in [2.45, 2.75) is 57.1 Å². The summed E-state index contributed by atoms with van der Waals surface area (Å²) in [6.45, 7) is 5.02. The molecule has 7 nitrogen and oxygen atoms in total. The molecule has 0 fully saturated rings. The molecule has 214 valence electrons. The SMILES string of the molecule is CC[C@@H](C)NC(=O)[C@@H](CC)N(Cc1c(Cl)cccc1Cl)C(=O)CN(c1ccc(I)cc1)S(=O)(=O)c1ccccc1.